The molecule has 3 heteroatoms. The van der Waals surface area contributed by atoms with E-state index in [1.165, 1.54) is 30.0 Å². The monoisotopic (exact) mass is 391 g/mol. The molecule has 3 atom stereocenters. The van der Waals surface area contributed by atoms with E-state index in [4.69, 9.17) is 4.74 Å². The van der Waals surface area contributed by atoms with Crippen LogP contribution in [0.4, 0.5) is 0 Å². The maximum atomic E-state index is 5.51. The summed E-state index contributed by atoms with van der Waals surface area (Å²) < 4.78 is 5.51. The standard InChI is InChI=1S/C25H30NOP/c1-20(26-18-10-11-21(26)19-27-2)24-16-9-17-25(24)28(22-12-5-3-6-13-22)23-14-7-4-8-15-23/h3-9,12-17,20-21,24H,10-11,18-19H2,1-2H3/t20-,21-,24?/m0/s1. The number of ether oxygens (including phenoxy) is 1. The fraction of sp³-hybridized carbons (Fsp3) is 0.360. The van der Waals surface area contributed by atoms with Crippen LogP contribution in [-0.4, -0.2) is 37.2 Å². The Bertz CT molecular complexity index is 777. The molecule has 0 saturated carbocycles. The number of hydrogen-bond donors (Lipinski definition) is 0. The molecule has 1 heterocycles. The van der Waals surface area contributed by atoms with Gasteiger partial charge in [0.15, 0.2) is 0 Å². The van der Waals surface area contributed by atoms with Crippen LogP contribution in [0.1, 0.15) is 19.8 Å². The predicted molar refractivity (Wildman–Crippen MR) is 121 cm³/mol. The second-order valence-corrected chi connectivity index (χ2v) is 9.96. The third-order valence-electron chi connectivity index (χ3n) is 6.04. The van der Waals surface area contributed by atoms with Gasteiger partial charge in [0.1, 0.15) is 0 Å². The minimum absolute atomic E-state index is 0.462. The van der Waals surface area contributed by atoms with Crippen molar-refractivity contribution in [2.75, 3.05) is 20.3 Å². The van der Waals surface area contributed by atoms with E-state index in [-0.39, 0.29) is 0 Å². The molecule has 0 radical (unpaired) electrons. The van der Waals surface area contributed by atoms with Gasteiger partial charge in [-0.1, -0.05) is 78.9 Å². The molecule has 28 heavy (non-hydrogen) atoms. The molecule has 0 spiro atoms. The first-order chi connectivity index (χ1) is 13.8. The zero-order chi connectivity index (χ0) is 19.3. The van der Waals surface area contributed by atoms with Crippen LogP contribution in [0.15, 0.2) is 84.2 Å². The Morgan fingerprint density at radius 3 is 2.29 bits per heavy atom. The molecule has 2 nitrogen and oxygen atoms in total. The van der Waals surface area contributed by atoms with Crippen molar-refractivity contribution in [1.82, 2.24) is 4.90 Å². The summed E-state index contributed by atoms with van der Waals surface area (Å²) in [4.78, 5) is 2.68. The lowest BCUT2D eigenvalue weighted by Crippen LogP contribution is -2.43. The number of hydrogen-bond acceptors (Lipinski definition) is 2. The summed E-state index contributed by atoms with van der Waals surface area (Å²) in [6.07, 6.45) is 9.61. The third kappa shape index (κ3) is 4.01. The maximum Gasteiger partial charge on any atom is 0.0618 e. The molecule has 0 bridgehead atoms. The summed E-state index contributed by atoms with van der Waals surface area (Å²) in [6.45, 7) is 4.43. The zero-order valence-electron chi connectivity index (χ0n) is 16.9. The number of likely N-dealkylation sites (tertiary alicyclic amines) is 1. The number of allylic oxidation sites excluding steroid dienone is 2. The molecule has 1 aliphatic heterocycles. The van der Waals surface area contributed by atoms with Gasteiger partial charge in [0.2, 0.25) is 0 Å². The van der Waals surface area contributed by atoms with Gasteiger partial charge in [0.25, 0.3) is 0 Å². The Kier molecular flexibility index (Phi) is 6.42. The van der Waals surface area contributed by atoms with Crippen LogP contribution in [0, 0.1) is 5.92 Å². The molecule has 4 rings (SSSR count). The number of nitrogens with zero attached hydrogens (tertiary/aromatic N) is 1. The van der Waals surface area contributed by atoms with Crippen molar-refractivity contribution in [3.8, 4) is 0 Å². The van der Waals surface area contributed by atoms with E-state index in [9.17, 15) is 0 Å². The average Bonchev–Trinajstić information content (AvgIpc) is 3.40. The van der Waals surface area contributed by atoms with Crippen LogP contribution in [0.2, 0.25) is 0 Å². The van der Waals surface area contributed by atoms with Gasteiger partial charge < -0.3 is 4.74 Å². The van der Waals surface area contributed by atoms with Gasteiger partial charge in [-0.2, -0.15) is 0 Å². The summed E-state index contributed by atoms with van der Waals surface area (Å²) in [6, 6.07) is 23.1. The Morgan fingerprint density at radius 1 is 1.04 bits per heavy atom. The van der Waals surface area contributed by atoms with Gasteiger partial charge in [0.05, 0.1) is 6.61 Å². The molecule has 1 saturated heterocycles. The molecule has 0 aromatic heterocycles. The molecule has 1 unspecified atom stereocenters. The third-order valence-corrected chi connectivity index (χ3v) is 8.63. The first-order valence-corrected chi connectivity index (χ1v) is 11.7. The van der Waals surface area contributed by atoms with Crippen molar-refractivity contribution in [2.24, 2.45) is 5.92 Å². The lowest BCUT2D eigenvalue weighted by Gasteiger charge is -2.36. The molecule has 2 aromatic rings. The Labute approximate surface area is 170 Å². The SMILES string of the molecule is COC[C@@H]1CCCN1[C@@H](C)C1C=CC=C1P(c1ccccc1)c1ccccc1. The van der Waals surface area contributed by atoms with Crippen LogP contribution in [-0.2, 0) is 4.74 Å². The van der Waals surface area contributed by atoms with Crippen molar-refractivity contribution < 1.29 is 4.74 Å². The topological polar surface area (TPSA) is 12.5 Å². The molecule has 1 aliphatic carbocycles. The lowest BCUT2D eigenvalue weighted by atomic mass is 10.0. The van der Waals surface area contributed by atoms with Crippen molar-refractivity contribution in [1.29, 1.82) is 0 Å². The smallest absolute Gasteiger partial charge is 0.0618 e. The van der Waals surface area contributed by atoms with Crippen LogP contribution in [0.5, 0.6) is 0 Å². The largest absolute Gasteiger partial charge is 0.383 e. The number of rotatable bonds is 7. The van der Waals surface area contributed by atoms with E-state index in [2.05, 4.69) is 90.7 Å². The van der Waals surface area contributed by atoms with Gasteiger partial charge in [-0.25, -0.2) is 0 Å². The minimum atomic E-state index is -0.520. The summed E-state index contributed by atoms with van der Waals surface area (Å²) in [7, 11) is 1.31. The van der Waals surface area contributed by atoms with Gasteiger partial charge in [-0.3, -0.25) is 4.90 Å². The summed E-state index contributed by atoms with van der Waals surface area (Å²) in [5.41, 5.74) is 0. The first-order valence-electron chi connectivity index (χ1n) is 10.3. The second-order valence-electron chi connectivity index (χ2n) is 7.74. The van der Waals surface area contributed by atoms with E-state index >= 15 is 0 Å². The molecule has 2 aliphatic rings. The second kappa shape index (κ2) is 9.18. The van der Waals surface area contributed by atoms with Crippen LogP contribution in [0.25, 0.3) is 0 Å². The number of methoxy groups -OCH3 is 1. The predicted octanol–water partition coefficient (Wildman–Crippen LogP) is 4.69. The highest BCUT2D eigenvalue weighted by Crippen LogP contribution is 2.50. The average molecular weight is 391 g/mol. The van der Waals surface area contributed by atoms with Gasteiger partial charge in [-0.05, 0) is 50.2 Å². The summed E-state index contributed by atoms with van der Waals surface area (Å²) in [5, 5.41) is 4.44. The fourth-order valence-electron chi connectivity index (χ4n) is 4.69. The van der Waals surface area contributed by atoms with Crippen molar-refractivity contribution in [3.05, 3.63) is 84.2 Å². The van der Waals surface area contributed by atoms with E-state index in [0.717, 1.165) is 6.61 Å². The van der Waals surface area contributed by atoms with Crippen LogP contribution in [0.3, 0.4) is 0 Å². The summed E-state index contributed by atoms with van der Waals surface area (Å²) in [5.74, 6) is 0.462. The molecule has 146 valence electrons. The molecular weight excluding hydrogens is 361 g/mol. The Morgan fingerprint density at radius 2 is 1.68 bits per heavy atom. The normalized spacial score (nSPS) is 23.3. The molecule has 0 N–H and O–H groups in total. The van der Waals surface area contributed by atoms with Crippen LogP contribution >= 0.6 is 7.92 Å². The van der Waals surface area contributed by atoms with Crippen molar-refractivity contribution in [3.63, 3.8) is 0 Å². The van der Waals surface area contributed by atoms with E-state index in [1.54, 1.807) is 5.31 Å². The van der Waals surface area contributed by atoms with Gasteiger partial charge in [-0.15, -0.1) is 0 Å². The molecule has 0 amide bonds. The fourth-order valence-corrected chi connectivity index (χ4v) is 7.36. The molecule has 2 aromatic carbocycles. The Hall–Kier alpha value is -1.73. The van der Waals surface area contributed by atoms with Gasteiger partial charge in [0, 0.05) is 25.1 Å². The van der Waals surface area contributed by atoms with Crippen molar-refractivity contribution >= 4 is 18.5 Å². The molecule has 1 fully saturated rings. The van der Waals surface area contributed by atoms with Crippen LogP contribution < -0.4 is 10.6 Å². The number of benzene rings is 2. The van der Waals surface area contributed by atoms with Crippen molar-refractivity contribution in [2.45, 2.75) is 31.8 Å². The lowest BCUT2D eigenvalue weighted by molar-refractivity contribution is 0.0862. The van der Waals surface area contributed by atoms with E-state index < -0.39 is 7.92 Å². The first kappa shape index (κ1) is 19.6. The summed E-state index contributed by atoms with van der Waals surface area (Å²) >= 11 is 0. The Balaban J connectivity index is 1.65. The maximum absolute atomic E-state index is 5.51. The highest BCUT2D eigenvalue weighted by Gasteiger charge is 2.36. The highest BCUT2D eigenvalue weighted by molar-refractivity contribution is 7.76. The highest BCUT2D eigenvalue weighted by atomic mass is 31.1. The zero-order valence-corrected chi connectivity index (χ0v) is 17.8. The van der Waals surface area contributed by atoms with E-state index in [0.29, 0.717) is 18.0 Å². The minimum Gasteiger partial charge on any atom is -0.383 e. The molecular formula is C25H30NOP. The quantitative estimate of drug-likeness (QED) is 0.635. The van der Waals surface area contributed by atoms with Gasteiger partial charge >= 0.3 is 0 Å². The van der Waals surface area contributed by atoms with E-state index in [1.807, 2.05) is 7.11 Å².